The molecule has 5 heteroatoms. The van der Waals surface area contributed by atoms with E-state index in [1.165, 1.54) is 10.6 Å². The van der Waals surface area contributed by atoms with E-state index in [1.807, 2.05) is 31.2 Å². The van der Waals surface area contributed by atoms with Gasteiger partial charge in [0.25, 0.3) is 5.56 Å². The highest BCUT2D eigenvalue weighted by atomic mass is 16.5. The lowest BCUT2D eigenvalue weighted by atomic mass is 10.1. The molecule has 0 unspecified atom stereocenters. The molecule has 2 aromatic rings. The predicted octanol–water partition coefficient (Wildman–Crippen LogP) is 2.70. The molecular formula is C17H19NO4. The highest BCUT2D eigenvalue weighted by molar-refractivity contribution is 5.89. The molecule has 1 aromatic carbocycles. The SMILES string of the molecule is CC[C@@H](OC(=O)c1ccn(C)c(=O)c1)c1ccc(OC)cc1. The molecule has 0 radical (unpaired) electrons. The first-order valence-electron chi connectivity index (χ1n) is 7.06. The standard InChI is InChI=1S/C17H19NO4/c1-4-15(12-5-7-14(21-3)8-6-12)22-17(20)13-9-10-18(2)16(19)11-13/h5-11,15H,4H2,1-3H3/t15-/m1/s1. The van der Waals surface area contributed by atoms with Gasteiger partial charge >= 0.3 is 5.97 Å². The molecule has 2 rings (SSSR count). The van der Waals surface area contributed by atoms with E-state index >= 15 is 0 Å². The highest BCUT2D eigenvalue weighted by Crippen LogP contribution is 2.24. The molecule has 0 amide bonds. The Bertz CT molecular complexity index is 703. The third-order valence-corrected chi connectivity index (χ3v) is 3.45. The van der Waals surface area contributed by atoms with Gasteiger partial charge in [-0.15, -0.1) is 0 Å². The topological polar surface area (TPSA) is 57.5 Å². The highest BCUT2D eigenvalue weighted by Gasteiger charge is 2.17. The lowest BCUT2D eigenvalue weighted by molar-refractivity contribution is 0.0287. The number of aromatic nitrogens is 1. The van der Waals surface area contributed by atoms with Crippen LogP contribution in [0.4, 0.5) is 0 Å². The second-order valence-electron chi connectivity index (χ2n) is 4.94. The third kappa shape index (κ3) is 3.55. The van der Waals surface area contributed by atoms with Gasteiger partial charge in [-0.05, 0) is 30.2 Å². The molecule has 5 nitrogen and oxygen atoms in total. The number of carbonyl (C=O) groups is 1. The minimum Gasteiger partial charge on any atom is -0.497 e. The van der Waals surface area contributed by atoms with E-state index in [1.54, 1.807) is 26.4 Å². The summed E-state index contributed by atoms with van der Waals surface area (Å²) in [4.78, 5) is 23.8. The number of aryl methyl sites for hydroxylation is 1. The van der Waals surface area contributed by atoms with Crippen LogP contribution in [0.5, 0.6) is 5.75 Å². The van der Waals surface area contributed by atoms with Crippen molar-refractivity contribution in [2.75, 3.05) is 7.11 Å². The molecule has 22 heavy (non-hydrogen) atoms. The largest absolute Gasteiger partial charge is 0.497 e. The number of esters is 1. The number of pyridine rings is 1. The average Bonchev–Trinajstić information content (AvgIpc) is 2.55. The summed E-state index contributed by atoms with van der Waals surface area (Å²) in [5.74, 6) is 0.247. The first-order valence-corrected chi connectivity index (χ1v) is 7.06. The van der Waals surface area contributed by atoms with Gasteiger partial charge in [-0.2, -0.15) is 0 Å². The molecule has 0 saturated heterocycles. The second kappa shape index (κ2) is 6.93. The van der Waals surface area contributed by atoms with Crippen LogP contribution in [0.1, 0.15) is 35.4 Å². The van der Waals surface area contributed by atoms with Crippen LogP contribution >= 0.6 is 0 Å². The number of rotatable bonds is 5. The van der Waals surface area contributed by atoms with Gasteiger partial charge in [-0.1, -0.05) is 19.1 Å². The number of benzene rings is 1. The fourth-order valence-electron chi connectivity index (χ4n) is 2.08. The van der Waals surface area contributed by atoms with Crippen molar-refractivity contribution in [1.82, 2.24) is 4.57 Å². The predicted molar refractivity (Wildman–Crippen MR) is 83.1 cm³/mol. The van der Waals surface area contributed by atoms with Crippen molar-refractivity contribution in [2.24, 2.45) is 7.05 Å². The monoisotopic (exact) mass is 301 g/mol. The van der Waals surface area contributed by atoms with Crippen LogP contribution in [-0.2, 0) is 11.8 Å². The smallest absolute Gasteiger partial charge is 0.338 e. The quantitative estimate of drug-likeness (QED) is 0.797. The fraction of sp³-hybridized carbons (Fsp3) is 0.294. The van der Waals surface area contributed by atoms with Crippen molar-refractivity contribution in [3.8, 4) is 5.75 Å². The first kappa shape index (κ1) is 15.8. The van der Waals surface area contributed by atoms with Crippen LogP contribution in [0, 0.1) is 0 Å². The van der Waals surface area contributed by atoms with Gasteiger partial charge in [0.15, 0.2) is 0 Å². The molecule has 0 aliphatic carbocycles. The van der Waals surface area contributed by atoms with E-state index in [4.69, 9.17) is 9.47 Å². The van der Waals surface area contributed by atoms with E-state index in [9.17, 15) is 9.59 Å². The van der Waals surface area contributed by atoms with E-state index in [-0.39, 0.29) is 17.2 Å². The van der Waals surface area contributed by atoms with Crippen molar-refractivity contribution in [2.45, 2.75) is 19.4 Å². The molecule has 0 fully saturated rings. The minimum atomic E-state index is -0.500. The summed E-state index contributed by atoms with van der Waals surface area (Å²) in [5.41, 5.74) is 0.905. The Balaban J connectivity index is 2.16. The van der Waals surface area contributed by atoms with E-state index in [0.29, 0.717) is 6.42 Å². The maximum atomic E-state index is 12.2. The summed E-state index contributed by atoms with van der Waals surface area (Å²) in [6.07, 6.45) is 1.83. The van der Waals surface area contributed by atoms with Crippen molar-refractivity contribution < 1.29 is 14.3 Å². The molecule has 1 heterocycles. The molecule has 1 atom stereocenters. The Morgan fingerprint density at radius 1 is 1.23 bits per heavy atom. The molecule has 0 spiro atoms. The van der Waals surface area contributed by atoms with E-state index in [2.05, 4.69) is 0 Å². The van der Waals surface area contributed by atoms with Crippen LogP contribution in [0.15, 0.2) is 47.4 Å². The van der Waals surface area contributed by atoms with Gasteiger partial charge in [-0.25, -0.2) is 4.79 Å². The summed E-state index contributed by atoms with van der Waals surface area (Å²) in [6, 6.07) is 10.2. The Kier molecular flexibility index (Phi) is 4.99. The van der Waals surface area contributed by atoms with Crippen molar-refractivity contribution in [3.63, 3.8) is 0 Å². The second-order valence-corrected chi connectivity index (χ2v) is 4.94. The normalized spacial score (nSPS) is 11.8. The van der Waals surface area contributed by atoms with Gasteiger partial charge in [0.1, 0.15) is 11.9 Å². The fourth-order valence-corrected chi connectivity index (χ4v) is 2.08. The van der Waals surface area contributed by atoms with Crippen LogP contribution in [-0.4, -0.2) is 17.6 Å². The number of nitrogens with zero attached hydrogens (tertiary/aromatic N) is 1. The number of carbonyl (C=O) groups excluding carboxylic acids is 1. The van der Waals surface area contributed by atoms with Gasteiger partial charge < -0.3 is 14.0 Å². The Morgan fingerprint density at radius 2 is 1.91 bits per heavy atom. The number of methoxy groups -OCH3 is 1. The van der Waals surface area contributed by atoms with Gasteiger partial charge in [-0.3, -0.25) is 4.79 Å². The molecule has 0 saturated carbocycles. The Hall–Kier alpha value is -2.56. The van der Waals surface area contributed by atoms with Crippen molar-refractivity contribution >= 4 is 5.97 Å². The Morgan fingerprint density at radius 3 is 2.45 bits per heavy atom. The molecule has 0 bridgehead atoms. The van der Waals surface area contributed by atoms with Crippen molar-refractivity contribution in [3.05, 3.63) is 64.1 Å². The van der Waals surface area contributed by atoms with E-state index < -0.39 is 5.97 Å². The summed E-state index contributed by atoms with van der Waals surface area (Å²) in [7, 11) is 3.23. The van der Waals surface area contributed by atoms with Crippen molar-refractivity contribution in [1.29, 1.82) is 0 Å². The maximum Gasteiger partial charge on any atom is 0.338 e. The molecule has 1 aromatic heterocycles. The molecule has 116 valence electrons. The molecule has 0 aliphatic heterocycles. The summed E-state index contributed by atoms with van der Waals surface area (Å²) >= 11 is 0. The zero-order valence-electron chi connectivity index (χ0n) is 12.9. The van der Waals surface area contributed by atoms with Crippen LogP contribution < -0.4 is 10.3 Å². The zero-order valence-corrected chi connectivity index (χ0v) is 12.9. The zero-order chi connectivity index (χ0) is 16.1. The maximum absolute atomic E-state index is 12.2. The number of hydrogen-bond acceptors (Lipinski definition) is 4. The van der Waals surface area contributed by atoms with Crippen LogP contribution in [0.3, 0.4) is 0 Å². The van der Waals surface area contributed by atoms with Crippen LogP contribution in [0.25, 0.3) is 0 Å². The Labute approximate surface area is 129 Å². The molecular weight excluding hydrogens is 282 g/mol. The van der Waals surface area contributed by atoms with Gasteiger partial charge in [0.05, 0.1) is 12.7 Å². The van der Waals surface area contributed by atoms with Gasteiger partial charge in [0, 0.05) is 19.3 Å². The first-order chi connectivity index (χ1) is 10.5. The van der Waals surface area contributed by atoms with Crippen LogP contribution in [0.2, 0.25) is 0 Å². The number of hydrogen-bond donors (Lipinski definition) is 0. The lowest BCUT2D eigenvalue weighted by Crippen LogP contribution is -2.18. The summed E-state index contributed by atoms with van der Waals surface area (Å²) in [6.45, 7) is 1.94. The summed E-state index contributed by atoms with van der Waals surface area (Å²) < 4.78 is 12.0. The molecule has 0 N–H and O–H groups in total. The average molecular weight is 301 g/mol. The summed E-state index contributed by atoms with van der Waals surface area (Å²) in [5, 5.41) is 0. The third-order valence-electron chi connectivity index (χ3n) is 3.45. The van der Waals surface area contributed by atoms with E-state index in [0.717, 1.165) is 11.3 Å². The van der Waals surface area contributed by atoms with Gasteiger partial charge in [0.2, 0.25) is 0 Å². The number of ether oxygens (including phenoxy) is 2. The lowest BCUT2D eigenvalue weighted by Gasteiger charge is -2.17. The molecule has 0 aliphatic rings. The minimum absolute atomic E-state index is 0.244.